The van der Waals surface area contributed by atoms with Crippen LogP contribution in [0.3, 0.4) is 0 Å². The molecule has 5 rings (SSSR count). The van der Waals surface area contributed by atoms with Gasteiger partial charge in [-0.25, -0.2) is 0 Å². The lowest BCUT2D eigenvalue weighted by molar-refractivity contribution is 0.395. The number of methoxy groups -OCH3 is 2. The second-order valence-electron chi connectivity index (χ2n) is 9.58. The lowest BCUT2D eigenvalue weighted by atomic mass is 9.87. The van der Waals surface area contributed by atoms with Gasteiger partial charge in [0.2, 0.25) is 0 Å². The minimum atomic E-state index is 0.189. The first-order valence-electron chi connectivity index (χ1n) is 13.1. The van der Waals surface area contributed by atoms with Crippen molar-refractivity contribution < 1.29 is 9.47 Å². The van der Waals surface area contributed by atoms with Crippen LogP contribution in [-0.4, -0.2) is 26.3 Å². The smallest absolute Gasteiger partial charge is 0.128 e. The van der Waals surface area contributed by atoms with Gasteiger partial charge in [-0.3, -0.25) is 4.98 Å². The first-order valence-corrected chi connectivity index (χ1v) is 13.1. The van der Waals surface area contributed by atoms with Gasteiger partial charge >= 0.3 is 0 Å². The van der Waals surface area contributed by atoms with Gasteiger partial charge in [0.1, 0.15) is 11.5 Å². The second-order valence-corrected chi connectivity index (χ2v) is 9.58. The number of hydrogen-bond acceptors (Lipinski definition) is 4. The molecule has 186 valence electrons. The molecule has 4 aromatic rings. The first kappa shape index (κ1) is 24.2. The summed E-state index contributed by atoms with van der Waals surface area (Å²) in [7, 11) is 5.72. The molecule has 1 unspecified atom stereocenters. The van der Waals surface area contributed by atoms with E-state index in [-0.39, 0.29) is 6.04 Å². The Balaban J connectivity index is 1.63. The van der Waals surface area contributed by atoms with Crippen molar-refractivity contribution in [3.63, 3.8) is 0 Å². The van der Waals surface area contributed by atoms with Crippen LogP contribution in [0, 0.1) is 0 Å². The van der Waals surface area contributed by atoms with E-state index in [4.69, 9.17) is 14.5 Å². The van der Waals surface area contributed by atoms with Gasteiger partial charge in [0, 0.05) is 40.7 Å². The molecule has 1 aliphatic rings. The zero-order valence-electron chi connectivity index (χ0n) is 22.1. The largest absolute Gasteiger partial charge is 0.496 e. The third kappa shape index (κ3) is 4.09. The molecule has 3 aromatic carbocycles. The molecule has 0 bridgehead atoms. The van der Waals surface area contributed by atoms with Crippen LogP contribution in [0.15, 0.2) is 60.7 Å². The van der Waals surface area contributed by atoms with Crippen LogP contribution in [0.4, 0.5) is 5.69 Å². The maximum atomic E-state index is 6.08. The van der Waals surface area contributed by atoms with Crippen molar-refractivity contribution in [2.75, 3.05) is 26.2 Å². The third-order valence-electron chi connectivity index (χ3n) is 7.73. The zero-order valence-corrected chi connectivity index (χ0v) is 22.1. The van der Waals surface area contributed by atoms with Crippen LogP contribution in [0.1, 0.15) is 55.1 Å². The topological polar surface area (TPSA) is 34.6 Å². The van der Waals surface area contributed by atoms with Crippen LogP contribution >= 0.6 is 0 Å². The highest BCUT2D eigenvalue weighted by molar-refractivity contribution is 5.98. The molecule has 0 fully saturated rings. The molecule has 0 spiro atoms. The third-order valence-corrected chi connectivity index (χ3v) is 7.73. The Bertz CT molecular complexity index is 1360. The summed E-state index contributed by atoms with van der Waals surface area (Å²) >= 11 is 0. The Morgan fingerprint density at radius 1 is 0.861 bits per heavy atom. The maximum absolute atomic E-state index is 6.08. The summed E-state index contributed by atoms with van der Waals surface area (Å²) in [5, 5.41) is 2.32. The Hall–Kier alpha value is -3.53. The number of pyridine rings is 1. The molecule has 0 N–H and O–H groups in total. The van der Waals surface area contributed by atoms with Gasteiger partial charge in [-0.1, -0.05) is 56.3 Å². The van der Waals surface area contributed by atoms with E-state index in [9.17, 15) is 0 Å². The molecule has 0 aliphatic heterocycles. The number of nitrogens with zero attached hydrogens (tertiary/aromatic N) is 2. The van der Waals surface area contributed by atoms with Gasteiger partial charge in [-0.2, -0.15) is 0 Å². The van der Waals surface area contributed by atoms with E-state index < -0.39 is 0 Å². The van der Waals surface area contributed by atoms with Gasteiger partial charge < -0.3 is 14.4 Å². The normalized spacial score (nSPS) is 15.0. The number of aryl methyl sites for hydroxylation is 3. The number of hydrogen-bond donors (Lipinski definition) is 0. The molecular weight excluding hydrogens is 444 g/mol. The van der Waals surface area contributed by atoms with Crippen molar-refractivity contribution in [3.05, 3.63) is 83.0 Å². The Morgan fingerprint density at radius 3 is 2.22 bits per heavy atom. The number of ether oxygens (including phenoxy) is 2. The van der Waals surface area contributed by atoms with Crippen molar-refractivity contribution in [1.29, 1.82) is 0 Å². The lowest BCUT2D eigenvalue weighted by Crippen LogP contribution is -2.29. The van der Waals surface area contributed by atoms with Crippen molar-refractivity contribution >= 4 is 16.5 Å². The second kappa shape index (κ2) is 10.2. The van der Waals surface area contributed by atoms with Crippen LogP contribution in [0.2, 0.25) is 0 Å². The standard InChI is InChI=1S/C32H36N2O2/c1-6-21-12-10-13-22(7-2)31(21)26-20-30(36-5)32-25(33-26)16-11-17-28(32)34(3)27-18-19-29(35-4)24-15-9-8-14-23(24)27/h8-10,12-15,18-20,28H,6-7,11,16-17H2,1-5H3. The summed E-state index contributed by atoms with van der Waals surface area (Å²) < 4.78 is 11.7. The van der Waals surface area contributed by atoms with E-state index in [2.05, 4.69) is 86.5 Å². The van der Waals surface area contributed by atoms with E-state index in [0.717, 1.165) is 54.7 Å². The zero-order chi connectivity index (χ0) is 25.2. The molecule has 0 amide bonds. The monoisotopic (exact) mass is 480 g/mol. The minimum Gasteiger partial charge on any atom is -0.496 e. The van der Waals surface area contributed by atoms with Crippen molar-refractivity contribution in [3.8, 4) is 22.8 Å². The fourth-order valence-corrected chi connectivity index (χ4v) is 5.90. The van der Waals surface area contributed by atoms with Crippen LogP contribution in [0.5, 0.6) is 11.5 Å². The van der Waals surface area contributed by atoms with E-state index in [1.807, 2.05) is 0 Å². The summed E-state index contributed by atoms with van der Waals surface area (Å²) in [5.74, 6) is 1.84. The molecule has 0 radical (unpaired) electrons. The minimum absolute atomic E-state index is 0.189. The molecule has 4 heteroatoms. The van der Waals surface area contributed by atoms with Crippen molar-refractivity contribution in [2.45, 2.75) is 52.0 Å². The highest BCUT2D eigenvalue weighted by Crippen LogP contribution is 2.45. The van der Waals surface area contributed by atoms with E-state index in [1.54, 1.807) is 14.2 Å². The SMILES string of the molecule is CCc1cccc(CC)c1-c1cc(OC)c2c(n1)CCCC2N(C)c1ccc(OC)c2ccccc12. The molecule has 1 atom stereocenters. The summed E-state index contributed by atoms with van der Waals surface area (Å²) in [6.45, 7) is 4.44. The summed E-state index contributed by atoms with van der Waals surface area (Å²) in [5.41, 5.74) is 8.59. The summed E-state index contributed by atoms with van der Waals surface area (Å²) in [4.78, 5) is 7.70. The summed E-state index contributed by atoms with van der Waals surface area (Å²) in [6.07, 6.45) is 5.11. The molecule has 0 saturated heterocycles. The number of rotatable bonds is 7. The Labute approximate surface area is 214 Å². The molecule has 36 heavy (non-hydrogen) atoms. The molecule has 0 saturated carbocycles. The summed E-state index contributed by atoms with van der Waals surface area (Å²) in [6, 6.07) is 21.7. The van der Waals surface area contributed by atoms with Gasteiger partial charge in [-0.05, 0) is 55.4 Å². The van der Waals surface area contributed by atoms with E-state index in [0.29, 0.717) is 0 Å². The van der Waals surface area contributed by atoms with Gasteiger partial charge in [0.25, 0.3) is 0 Å². The quantitative estimate of drug-likeness (QED) is 0.273. The average Bonchev–Trinajstić information content (AvgIpc) is 2.94. The van der Waals surface area contributed by atoms with Gasteiger partial charge in [0.15, 0.2) is 0 Å². The number of fused-ring (bicyclic) bond motifs is 2. The number of benzene rings is 3. The molecular formula is C32H36N2O2. The molecule has 1 aliphatic carbocycles. The molecule has 4 nitrogen and oxygen atoms in total. The maximum Gasteiger partial charge on any atom is 0.128 e. The van der Waals surface area contributed by atoms with Crippen LogP contribution < -0.4 is 14.4 Å². The number of aromatic nitrogens is 1. The van der Waals surface area contributed by atoms with E-state index in [1.165, 1.54) is 39.0 Å². The van der Waals surface area contributed by atoms with Crippen LogP contribution in [-0.2, 0) is 19.3 Å². The Kier molecular flexibility index (Phi) is 6.86. The highest BCUT2D eigenvalue weighted by atomic mass is 16.5. The first-order chi connectivity index (χ1) is 17.6. The predicted octanol–water partition coefficient (Wildman–Crippen LogP) is 7.56. The lowest BCUT2D eigenvalue weighted by Gasteiger charge is -2.36. The van der Waals surface area contributed by atoms with Crippen molar-refractivity contribution in [1.82, 2.24) is 4.98 Å². The molecule has 1 aromatic heterocycles. The van der Waals surface area contributed by atoms with Gasteiger partial charge in [0.05, 0.1) is 31.6 Å². The Morgan fingerprint density at radius 2 is 1.56 bits per heavy atom. The fourth-order valence-electron chi connectivity index (χ4n) is 5.90. The molecule has 1 heterocycles. The van der Waals surface area contributed by atoms with Crippen molar-refractivity contribution in [2.24, 2.45) is 0 Å². The average molecular weight is 481 g/mol. The number of anilines is 1. The van der Waals surface area contributed by atoms with E-state index >= 15 is 0 Å². The van der Waals surface area contributed by atoms with Gasteiger partial charge in [-0.15, -0.1) is 0 Å². The fraction of sp³-hybridized carbons (Fsp3) is 0.344. The highest BCUT2D eigenvalue weighted by Gasteiger charge is 2.30. The van der Waals surface area contributed by atoms with Crippen LogP contribution in [0.25, 0.3) is 22.0 Å². The predicted molar refractivity (Wildman–Crippen MR) is 150 cm³/mol.